The molecule has 1 aromatic carbocycles. The molecular formula is C14H15NO3S. The Kier molecular flexibility index (Phi) is 4.41. The number of amides is 1. The molecule has 4 nitrogen and oxygen atoms in total. The average molecular weight is 277 g/mol. The van der Waals surface area contributed by atoms with Gasteiger partial charge < -0.3 is 15.2 Å². The molecule has 1 heterocycles. The van der Waals surface area contributed by atoms with Crippen LogP contribution in [0.2, 0.25) is 0 Å². The first-order chi connectivity index (χ1) is 9.19. The van der Waals surface area contributed by atoms with Crippen molar-refractivity contribution in [3.05, 3.63) is 46.2 Å². The molecule has 0 aliphatic heterocycles. The molecule has 0 unspecified atom stereocenters. The van der Waals surface area contributed by atoms with Crippen LogP contribution in [0.4, 0.5) is 0 Å². The van der Waals surface area contributed by atoms with E-state index in [4.69, 9.17) is 9.84 Å². The number of hydrogen-bond donors (Lipinski definition) is 2. The van der Waals surface area contributed by atoms with Gasteiger partial charge in [0.15, 0.2) is 0 Å². The van der Waals surface area contributed by atoms with Crippen LogP contribution in [-0.4, -0.2) is 24.7 Å². The highest BCUT2D eigenvalue weighted by Gasteiger charge is 2.08. The van der Waals surface area contributed by atoms with Crippen LogP contribution in [0, 0.1) is 0 Å². The fraction of sp³-hybridized carbons (Fsp3) is 0.214. The summed E-state index contributed by atoms with van der Waals surface area (Å²) in [6.45, 7) is 0.559. The molecule has 0 aliphatic rings. The van der Waals surface area contributed by atoms with Gasteiger partial charge in [0.05, 0.1) is 12.0 Å². The Labute approximate surface area is 115 Å². The van der Waals surface area contributed by atoms with Gasteiger partial charge in [-0.25, -0.2) is 0 Å². The minimum Gasteiger partial charge on any atom is -0.508 e. The SMILES string of the molecule is COc1csc(C(=O)NCCc2ccc(O)cc2)c1. The minimum atomic E-state index is -0.0907. The predicted molar refractivity (Wildman–Crippen MR) is 75.0 cm³/mol. The first-order valence-electron chi connectivity index (χ1n) is 5.87. The number of methoxy groups -OCH3 is 1. The van der Waals surface area contributed by atoms with E-state index in [1.807, 2.05) is 12.1 Å². The van der Waals surface area contributed by atoms with E-state index in [1.54, 1.807) is 30.7 Å². The van der Waals surface area contributed by atoms with Crippen molar-refractivity contribution in [3.8, 4) is 11.5 Å². The van der Waals surface area contributed by atoms with Gasteiger partial charge in [0.25, 0.3) is 5.91 Å². The Morgan fingerprint density at radius 1 is 1.37 bits per heavy atom. The first kappa shape index (κ1) is 13.4. The number of phenols is 1. The van der Waals surface area contributed by atoms with Crippen molar-refractivity contribution in [2.24, 2.45) is 0 Å². The standard InChI is InChI=1S/C14H15NO3S/c1-18-12-8-13(19-9-12)14(17)15-7-6-10-2-4-11(16)5-3-10/h2-5,8-9,16H,6-7H2,1H3,(H,15,17). The summed E-state index contributed by atoms with van der Waals surface area (Å²) in [4.78, 5) is 12.5. The number of nitrogens with one attached hydrogen (secondary N) is 1. The van der Waals surface area contributed by atoms with E-state index in [0.717, 1.165) is 12.0 Å². The normalized spacial score (nSPS) is 10.2. The quantitative estimate of drug-likeness (QED) is 0.882. The summed E-state index contributed by atoms with van der Waals surface area (Å²) in [6.07, 6.45) is 0.731. The Morgan fingerprint density at radius 2 is 2.11 bits per heavy atom. The van der Waals surface area contributed by atoms with Crippen molar-refractivity contribution in [1.29, 1.82) is 0 Å². The summed E-state index contributed by atoms with van der Waals surface area (Å²) in [5, 5.41) is 13.8. The molecule has 0 fully saturated rings. The molecule has 2 rings (SSSR count). The van der Waals surface area contributed by atoms with E-state index in [2.05, 4.69) is 5.32 Å². The number of aromatic hydroxyl groups is 1. The Morgan fingerprint density at radius 3 is 2.74 bits per heavy atom. The van der Waals surface area contributed by atoms with Gasteiger partial charge in [-0.05, 0) is 24.1 Å². The number of ether oxygens (including phenoxy) is 1. The third-order valence-corrected chi connectivity index (χ3v) is 3.58. The molecule has 0 saturated carbocycles. The van der Waals surface area contributed by atoms with E-state index in [0.29, 0.717) is 17.2 Å². The molecule has 100 valence electrons. The average Bonchev–Trinajstić information content (AvgIpc) is 2.90. The summed E-state index contributed by atoms with van der Waals surface area (Å²) in [5.74, 6) is 0.860. The molecule has 0 radical (unpaired) electrons. The van der Waals surface area contributed by atoms with Crippen LogP contribution in [0.15, 0.2) is 35.7 Å². The molecule has 2 N–H and O–H groups in total. The zero-order valence-electron chi connectivity index (χ0n) is 10.6. The molecule has 0 saturated heterocycles. The smallest absolute Gasteiger partial charge is 0.261 e. The van der Waals surface area contributed by atoms with Crippen LogP contribution < -0.4 is 10.1 Å². The maximum absolute atomic E-state index is 11.8. The van der Waals surface area contributed by atoms with Crippen molar-refractivity contribution in [2.45, 2.75) is 6.42 Å². The molecular weight excluding hydrogens is 262 g/mol. The van der Waals surface area contributed by atoms with Gasteiger partial charge in [-0.15, -0.1) is 11.3 Å². The van der Waals surface area contributed by atoms with E-state index in [1.165, 1.54) is 11.3 Å². The van der Waals surface area contributed by atoms with Gasteiger partial charge in [-0.1, -0.05) is 12.1 Å². The van der Waals surface area contributed by atoms with Crippen LogP contribution >= 0.6 is 11.3 Å². The summed E-state index contributed by atoms with van der Waals surface area (Å²) in [7, 11) is 1.58. The van der Waals surface area contributed by atoms with Crippen LogP contribution in [-0.2, 0) is 6.42 Å². The van der Waals surface area contributed by atoms with E-state index >= 15 is 0 Å². The fourth-order valence-corrected chi connectivity index (χ4v) is 2.39. The van der Waals surface area contributed by atoms with Crippen LogP contribution in [0.5, 0.6) is 11.5 Å². The van der Waals surface area contributed by atoms with Gasteiger partial charge in [0.1, 0.15) is 11.5 Å². The number of hydrogen-bond acceptors (Lipinski definition) is 4. The lowest BCUT2D eigenvalue weighted by atomic mass is 10.1. The third kappa shape index (κ3) is 3.72. The second-order valence-corrected chi connectivity index (χ2v) is 4.93. The summed E-state index contributed by atoms with van der Waals surface area (Å²) >= 11 is 1.36. The second-order valence-electron chi connectivity index (χ2n) is 4.02. The summed E-state index contributed by atoms with van der Waals surface area (Å²) in [6, 6.07) is 8.69. The molecule has 1 aromatic heterocycles. The first-order valence-corrected chi connectivity index (χ1v) is 6.75. The van der Waals surface area contributed by atoms with Crippen molar-refractivity contribution < 1.29 is 14.6 Å². The Bertz CT molecular complexity index is 548. The molecule has 2 aromatic rings. The minimum absolute atomic E-state index is 0.0907. The lowest BCUT2D eigenvalue weighted by Crippen LogP contribution is -2.24. The maximum Gasteiger partial charge on any atom is 0.261 e. The number of thiophene rings is 1. The molecule has 0 aliphatic carbocycles. The molecule has 0 spiro atoms. The zero-order chi connectivity index (χ0) is 13.7. The van der Waals surface area contributed by atoms with Crippen molar-refractivity contribution in [1.82, 2.24) is 5.32 Å². The van der Waals surface area contributed by atoms with Gasteiger partial charge in [0, 0.05) is 18.0 Å². The second kappa shape index (κ2) is 6.24. The van der Waals surface area contributed by atoms with Gasteiger partial charge in [-0.2, -0.15) is 0 Å². The number of phenolic OH excluding ortho intramolecular Hbond substituents is 1. The molecule has 5 heteroatoms. The molecule has 1 amide bonds. The monoisotopic (exact) mass is 277 g/mol. The highest BCUT2D eigenvalue weighted by Crippen LogP contribution is 2.20. The van der Waals surface area contributed by atoms with Crippen LogP contribution in [0.25, 0.3) is 0 Å². The lowest BCUT2D eigenvalue weighted by molar-refractivity contribution is 0.0958. The Hall–Kier alpha value is -2.01. The predicted octanol–water partition coefficient (Wildman–Crippen LogP) is 2.43. The summed E-state index contributed by atoms with van der Waals surface area (Å²) < 4.78 is 5.04. The highest BCUT2D eigenvalue weighted by molar-refractivity contribution is 7.12. The van der Waals surface area contributed by atoms with E-state index in [-0.39, 0.29) is 11.7 Å². The highest BCUT2D eigenvalue weighted by atomic mass is 32.1. The largest absolute Gasteiger partial charge is 0.508 e. The van der Waals surface area contributed by atoms with E-state index < -0.39 is 0 Å². The summed E-state index contributed by atoms with van der Waals surface area (Å²) in [5.41, 5.74) is 1.07. The van der Waals surface area contributed by atoms with Crippen LogP contribution in [0.3, 0.4) is 0 Å². The van der Waals surface area contributed by atoms with E-state index in [9.17, 15) is 4.79 Å². The number of rotatable bonds is 5. The van der Waals surface area contributed by atoms with Crippen LogP contribution in [0.1, 0.15) is 15.2 Å². The van der Waals surface area contributed by atoms with Crippen molar-refractivity contribution in [3.63, 3.8) is 0 Å². The fourth-order valence-electron chi connectivity index (χ4n) is 1.62. The van der Waals surface area contributed by atoms with Gasteiger partial charge in [-0.3, -0.25) is 4.79 Å². The molecule has 19 heavy (non-hydrogen) atoms. The number of carbonyl (C=O) groups excluding carboxylic acids is 1. The number of carbonyl (C=O) groups is 1. The van der Waals surface area contributed by atoms with Crippen molar-refractivity contribution in [2.75, 3.05) is 13.7 Å². The Balaban J connectivity index is 1.82. The zero-order valence-corrected chi connectivity index (χ0v) is 11.4. The molecule has 0 bridgehead atoms. The van der Waals surface area contributed by atoms with Gasteiger partial charge in [0.2, 0.25) is 0 Å². The lowest BCUT2D eigenvalue weighted by Gasteiger charge is -2.04. The van der Waals surface area contributed by atoms with Crippen molar-refractivity contribution >= 4 is 17.2 Å². The maximum atomic E-state index is 11.8. The topological polar surface area (TPSA) is 58.6 Å². The molecule has 0 atom stereocenters. The number of benzene rings is 1. The third-order valence-electron chi connectivity index (χ3n) is 2.67. The van der Waals surface area contributed by atoms with Gasteiger partial charge >= 0.3 is 0 Å².